The number of nitrogens with zero attached hydrogens (tertiary/aromatic N) is 1. The summed E-state index contributed by atoms with van der Waals surface area (Å²) in [5, 5.41) is 5.90. The van der Waals surface area contributed by atoms with Gasteiger partial charge in [0.25, 0.3) is 0 Å². The quantitative estimate of drug-likeness (QED) is 0.703. The summed E-state index contributed by atoms with van der Waals surface area (Å²) in [6.07, 6.45) is 2.92. The van der Waals surface area contributed by atoms with E-state index < -0.39 is 0 Å². The van der Waals surface area contributed by atoms with Gasteiger partial charge in [0.05, 0.1) is 25.0 Å². The van der Waals surface area contributed by atoms with Crippen LogP contribution in [0.5, 0.6) is 0 Å². The Morgan fingerprint density at radius 3 is 2.48 bits per heavy atom. The smallest absolute Gasteiger partial charge is 0.317 e. The number of likely N-dealkylation sites (tertiary alicyclic amines) is 1. The van der Waals surface area contributed by atoms with Crippen LogP contribution in [-0.4, -0.2) is 35.5 Å². The third-order valence-electron chi connectivity index (χ3n) is 5.28. The maximum Gasteiger partial charge on any atom is 0.317 e. The highest BCUT2D eigenvalue weighted by Gasteiger charge is 2.27. The number of furan rings is 1. The molecule has 7 nitrogen and oxygen atoms in total. The third kappa shape index (κ3) is 7.43. The fraction of sp³-hybridized carbons (Fsp3) is 0.500. The lowest BCUT2D eigenvalue weighted by molar-refractivity contribution is -0.126. The molecule has 2 N–H and O–H groups in total. The van der Waals surface area contributed by atoms with Crippen molar-refractivity contribution in [1.82, 2.24) is 15.5 Å². The number of nitrogens with one attached hydrogen (secondary N) is 2. The second-order valence-electron chi connectivity index (χ2n) is 8.94. The van der Waals surface area contributed by atoms with Crippen LogP contribution in [-0.2, 0) is 29.2 Å². The zero-order chi connectivity index (χ0) is 22.3. The lowest BCUT2D eigenvalue weighted by Crippen LogP contribution is -2.46. The number of amides is 3. The van der Waals surface area contributed by atoms with E-state index in [1.165, 1.54) is 0 Å². The van der Waals surface area contributed by atoms with Crippen LogP contribution < -0.4 is 10.6 Å². The standard InChI is InChI=1S/C24H33N3O4/c1-24(2,3)31-17-19-7-4-6-18(14-19)15-26-23(29)27-11-9-20(10-12-27)22(28)25-16-21-8-5-13-30-21/h4-8,13-14,20H,9-12,15-17H2,1-3H3,(H,25,28)(H,26,29). The Morgan fingerprint density at radius 2 is 1.81 bits per heavy atom. The Morgan fingerprint density at radius 1 is 1.06 bits per heavy atom. The third-order valence-corrected chi connectivity index (χ3v) is 5.28. The molecule has 1 aromatic carbocycles. The van der Waals surface area contributed by atoms with Crippen molar-refractivity contribution in [3.8, 4) is 0 Å². The maximum absolute atomic E-state index is 12.5. The van der Waals surface area contributed by atoms with E-state index in [4.69, 9.17) is 9.15 Å². The lowest BCUT2D eigenvalue weighted by Gasteiger charge is -2.31. The van der Waals surface area contributed by atoms with Crippen LogP contribution in [0.3, 0.4) is 0 Å². The van der Waals surface area contributed by atoms with E-state index in [1.807, 2.05) is 45.0 Å². The monoisotopic (exact) mass is 427 g/mol. The molecule has 0 saturated carbocycles. The zero-order valence-electron chi connectivity index (χ0n) is 18.6. The van der Waals surface area contributed by atoms with E-state index >= 15 is 0 Å². The number of benzene rings is 1. The van der Waals surface area contributed by atoms with E-state index in [-0.39, 0.29) is 23.5 Å². The van der Waals surface area contributed by atoms with Gasteiger partial charge < -0.3 is 24.7 Å². The average molecular weight is 428 g/mol. The SMILES string of the molecule is CC(C)(C)OCc1cccc(CNC(=O)N2CCC(C(=O)NCc3ccco3)CC2)c1. The van der Waals surface area contributed by atoms with Gasteiger partial charge in [0.1, 0.15) is 5.76 Å². The van der Waals surface area contributed by atoms with Gasteiger partial charge in [-0.05, 0) is 56.9 Å². The molecule has 0 atom stereocenters. The number of rotatable bonds is 7. The molecule has 0 aliphatic carbocycles. The first kappa shape index (κ1) is 22.9. The topological polar surface area (TPSA) is 83.8 Å². The molecule has 1 fully saturated rings. The van der Waals surface area contributed by atoms with Crippen LogP contribution in [0.1, 0.15) is 50.5 Å². The summed E-state index contributed by atoms with van der Waals surface area (Å²) in [7, 11) is 0. The molecule has 2 aromatic rings. The van der Waals surface area contributed by atoms with Crippen molar-refractivity contribution < 1.29 is 18.7 Å². The van der Waals surface area contributed by atoms with Gasteiger partial charge in [0.15, 0.2) is 0 Å². The Labute approximate surface area is 184 Å². The molecule has 7 heteroatoms. The Hall–Kier alpha value is -2.80. The predicted octanol–water partition coefficient (Wildman–Crippen LogP) is 3.83. The number of carbonyl (C=O) groups excluding carboxylic acids is 2. The predicted molar refractivity (Wildman–Crippen MR) is 118 cm³/mol. The average Bonchev–Trinajstić information content (AvgIpc) is 3.28. The van der Waals surface area contributed by atoms with Crippen LogP contribution in [0, 0.1) is 5.92 Å². The maximum atomic E-state index is 12.5. The summed E-state index contributed by atoms with van der Waals surface area (Å²) in [6.45, 7) is 8.64. The number of hydrogen-bond donors (Lipinski definition) is 2. The molecule has 0 unspecified atom stereocenters. The molecule has 31 heavy (non-hydrogen) atoms. The highest BCUT2D eigenvalue weighted by Crippen LogP contribution is 2.18. The van der Waals surface area contributed by atoms with E-state index in [2.05, 4.69) is 16.7 Å². The van der Waals surface area contributed by atoms with Gasteiger partial charge in [0.2, 0.25) is 5.91 Å². The summed E-state index contributed by atoms with van der Waals surface area (Å²) in [4.78, 5) is 26.7. The van der Waals surface area contributed by atoms with Gasteiger partial charge in [-0.15, -0.1) is 0 Å². The van der Waals surface area contributed by atoms with Crippen LogP contribution in [0.4, 0.5) is 4.79 Å². The minimum absolute atomic E-state index is 0.0192. The largest absolute Gasteiger partial charge is 0.467 e. The van der Waals surface area contributed by atoms with Crippen molar-refractivity contribution in [1.29, 1.82) is 0 Å². The fourth-order valence-electron chi connectivity index (χ4n) is 3.50. The van der Waals surface area contributed by atoms with Crippen molar-refractivity contribution in [2.45, 2.75) is 58.9 Å². The van der Waals surface area contributed by atoms with E-state index in [0.29, 0.717) is 45.6 Å². The molecule has 0 bridgehead atoms. The van der Waals surface area contributed by atoms with E-state index in [1.54, 1.807) is 17.2 Å². The minimum atomic E-state index is -0.188. The van der Waals surface area contributed by atoms with Crippen LogP contribution >= 0.6 is 0 Å². The number of ether oxygens (including phenoxy) is 1. The molecule has 1 aliphatic rings. The number of urea groups is 1. The first-order chi connectivity index (χ1) is 14.8. The minimum Gasteiger partial charge on any atom is -0.467 e. The van der Waals surface area contributed by atoms with Crippen LogP contribution in [0.2, 0.25) is 0 Å². The number of piperidine rings is 1. The van der Waals surface area contributed by atoms with Crippen LogP contribution in [0.15, 0.2) is 47.1 Å². The van der Waals surface area contributed by atoms with E-state index in [9.17, 15) is 9.59 Å². The van der Waals surface area contributed by atoms with Crippen molar-refractivity contribution in [3.05, 3.63) is 59.5 Å². The molecule has 1 aliphatic heterocycles. The molecule has 1 aromatic heterocycles. The molecule has 0 radical (unpaired) electrons. The first-order valence-electron chi connectivity index (χ1n) is 10.8. The van der Waals surface area contributed by atoms with Crippen molar-refractivity contribution >= 4 is 11.9 Å². The normalized spacial score (nSPS) is 15.0. The molecule has 2 heterocycles. The molecule has 3 rings (SSSR count). The zero-order valence-corrected chi connectivity index (χ0v) is 18.6. The van der Waals surface area contributed by atoms with E-state index in [0.717, 1.165) is 16.9 Å². The fourth-order valence-corrected chi connectivity index (χ4v) is 3.50. The van der Waals surface area contributed by atoms with Crippen molar-refractivity contribution in [2.24, 2.45) is 5.92 Å². The van der Waals surface area contributed by atoms with Gasteiger partial charge in [0, 0.05) is 25.6 Å². The molecule has 3 amide bonds. The van der Waals surface area contributed by atoms with Gasteiger partial charge in [-0.1, -0.05) is 24.3 Å². The summed E-state index contributed by atoms with van der Waals surface area (Å²) in [5.41, 5.74) is 1.94. The van der Waals surface area contributed by atoms with Crippen LogP contribution in [0.25, 0.3) is 0 Å². The number of carbonyl (C=O) groups is 2. The molecule has 168 valence electrons. The molecular weight excluding hydrogens is 394 g/mol. The van der Waals surface area contributed by atoms with Gasteiger partial charge >= 0.3 is 6.03 Å². The summed E-state index contributed by atoms with van der Waals surface area (Å²) >= 11 is 0. The second kappa shape index (κ2) is 10.5. The van der Waals surface area contributed by atoms with Crippen molar-refractivity contribution in [2.75, 3.05) is 13.1 Å². The molecular formula is C24H33N3O4. The summed E-state index contributed by atoms with van der Waals surface area (Å²) in [5.74, 6) is 0.684. The highest BCUT2D eigenvalue weighted by molar-refractivity contribution is 5.79. The molecule has 0 spiro atoms. The second-order valence-corrected chi connectivity index (χ2v) is 8.94. The Kier molecular flexibility index (Phi) is 7.74. The lowest BCUT2D eigenvalue weighted by atomic mass is 9.96. The Balaban J connectivity index is 1.39. The summed E-state index contributed by atoms with van der Waals surface area (Å²) < 4.78 is 11.1. The van der Waals surface area contributed by atoms with Gasteiger partial charge in [-0.2, -0.15) is 0 Å². The highest BCUT2D eigenvalue weighted by atomic mass is 16.5. The first-order valence-corrected chi connectivity index (χ1v) is 10.8. The summed E-state index contributed by atoms with van der Waals surface area (Å²) in [6, 6.07) is 11.6. The van der Waals surface area contributed by atoms with Gasteiger partial charge in [-0.25, -0.2) is 4.79 Å². The number of hydrogen-bond acceptors (Lipinski definition) is 4. The van der Waals surface area contributed by atoms with Crippen molar-refractivity contribution in [3.63, 3.8) is 0 Å². The Bertz CT molecular complexity index is 850. The van der Waals surface area contributed by atoms with Gasteiger partial charge in [-0.3, -0.25) is 4.79 Å². The molecule has 1 saturated heterocycles.